The van der Waals surface area contributed by atoms with Crippen molar-refractivity contribution in [2.75, 3.05) is 47.1 Å². The first-order valence-corrected chi connectivity index (χ1v) is 15.9. The van der Waals surface area contributed by atoms with Crippen LogP contribution in [0.3, 0.4) is 0 Å². The van der Waals surface area contributed by atoms with Crippen LogP contribution < -0.4 is 15.2 Å². The second-order valence-corrected chi connectivity index (χ2v) is 12.6. The Bertz CT molecular complexity index is 1390. The number of fused-ring (bicyclic) bond motifs is 1. The van der Waals surface area contributed by atoms with Crippen LogP contribution in [-0.2, 0) is 27.1 Å². The maximum atomic E-state index is 12.4. The Morgan fingerprint density at radius 1 is 1.16 bits per heavy atom. The molecule has 3 aromatic rings. The largest absolute Gasteiger partial charge is 0.474 e. The van der Waals surface area contributed by atoms with Gasteiger partial charge in [0, 0.05) is 49.0 Å². The summed E-state index contributed by atoms with van der Waals surface area (Å²) in [6, 6.07) is 14.1. The van der Waals surface area contributed by atoms with E-state index in [1.165, 1.54) is 0 Å². The number of hydrogen-bond donors (Lipinski definition) is 2. The highest BCUT2D eigenvalue weighted by Crippen LogP contribution is 2.38. The van der Waals surface area contributed by atoms with Crippen molar-refractivity contribution < 1.29 is 33.3 Å². The van der Waals surface area contributed by atoms with Crippen molar-refractivity contribution in [3.8, 4) is 11.8 Å². The molecule has 2 saturated heterocycles. The van der Waals surface area contributed by atoms with E-state index in [9.17, 15) is 9.90 Å². The third-order valence-electron chi connectivity index (χ3n) is 9.35. The average Bonchev–Trinajstić information content (AvgIpc) is 3.02. The molecule has 1 unspecified atom stereocenters. The van der Waals surface area contributed by atoms with Crippen molar-refractivity contribution in [1.29, 1.82) is 0 Å². The van der Waals surface area contributed by atoms with E-state index in [1.807, 2.05) is 30.3 Å². The van der Waals surface area contributed by atoms with Crippen LogP contribution >= 0.6 is 0 Å². The van der Waals surface area contributed by atoms with Crippen molar-refractivity contribution in [2.24, 2.45) is 5.73 Å². The molecule has 238 valence electrons. The predicted molar refractivity (Wildman–Crippen MR) is 168 cm³/mol. The molecule has 0 aliphatic carbocycles. The van der Waals surface area contributed by atoms with Crippen LogP contribution in [0.2, 0.25) is 0 Å². The number of hydrogen-bond acceptors (Lipinski definition) is 8. The first-order chi connectivity index (χ1) is 21.2. The van der Waals surface area contributed by atoms with Gasteiger partial charge >= 0.3 is 0 Å². The SMILES string of the molecule is CCCCc1cc2ccccc2c(OCC[N+](C)(C)[C@@]2(Cc3ccc(OC4CCOCC4)nc3)CCOC(C(N)=O)[C@@H]2O)n1. The van der Waals surface area contributed by atoms with Gasteiger partial charge in [0.2, 0.25) is 17.7 Å². The normalized spacial score (nSPS) is 23.0. The molecule has 2 aliphatic rings. The van der Waals surface area contributed by atoms with Crippen molar-refractivity contribution in [3.05, 3.63) is 59.9 Å². The minimum absolute atomic E-state index is 0.0941. The van der Waals surface area contributed by atoms with E-state index in [2.05, 4.69) is 38.1 Å². The van der Waals surface area contributed by atoms with Gasteiger partial charge in [-0.2, -0.15) is 0 Å². The Hall–Kier alpha value is -3.31. The monoisotopic (exact) mass is 607 g/mol. The highest BCUT2D eigenvalue weighted by atomic mass is 16.5. The topological polar surface area (TPSA) is 126 Å². The van der Waals surface area contributed by atoms with Crippen LogP contribution in [-0.4, -0.2) is 96.4 Å². The number of carbonyl (C=O) groups excluding carboxylic acids is 1. The number of pyridine rings is 2. The van der Waals surface area contributed by atoms with Crippen molar-refractivity contribution in [2.45, 2.75) is 75.7 Å². The molecule has 3 N–H and O–H groups in total. The molecule has 0 spiro atoms. The van der Waals surface area contributed by atoms with Crippen LogP contribution in [0.1, 0.15) is 50.3 Å². The predicted octanol–water partition coefficient (Wildman–Crippen LogP) is 3.60. The molecular weight excluding hydrogens is 560 g/mol. The van der Waals surface area contributed by atoms with Gasteiger partial charge in [-0.15, -0.1) is 0 Å². The van der Waals surface area contributed by atoms with E-state index in [4.69, 9.17) is 29.7 Å². The number of quaternary nitrogens is 1. The number of unbranched alkanes of at least 4 members (excludes halogenated alkanes) is 1. The van der Waals surface area contributed by atoms with E-state index in [-0.39, 0.29) is 6.10 Å². The number of nitrogens with zero attached hydrogens (tertiary/aromatic N) is 3. The molecule has 0 saturated carbocycles. The number of benzene rings is 1. The zero-order chi connectivity index (χ0) is 31.2. The number of ether oxygens (including phenoxy) is 4. The highest BCUT2D eigenvalue weighted by Gasteiger charge is 2.57. The first kappa shape index (κ1) is 32.1. The third kappa shape index (κ3) is 7.15. The molecule has 5 rings (SSSR count). The van der Waals surface area contributed by atoms with Gasteiger partial charge in [0.05, 0.1) is 33.9 Å². The van der Waals surface area contributed by atoms with Crippen molar-refractivity contribution >= 4 is 16.7 Å². The van der Waals surface area contributed by atoms with Gasteiger partial charge in [-0.05, 0) is 35.9 Å². The molecule has 0 bridgehead atoms. The minimum atomic E-state index is -1.13. The number of nitrogens with two attached hydrogens (primary N) is 1. The zero-order valence-electron chi connectivity index (χ0n) is 26.2. The number of likely N-dealkylation sites (N-methyl/N-ethyl adjacent to an activating group) is 1. The molecular formula is C34H47N4O6+. The molecule has 10 nitrogen and oxygen atoms in total. The lowest BCUT2D eigenvalue weighted by Crippen LogP contribution is -2.73. The van der Waals surface area contributed by atoms with Crippen LogP contribution in [0.15, 0.2) is 48.7 Å². The second-order valence-electron chi connectivity index (χ2n) is 12.6. The summed E-state index contributed by atoms with van der Waals surface area (Å²) in [4.78, 5) is 21.8. The number of rotatable bonds is 13. The van der Waals surface area contributed by atoms with E-state index in [1.54, 1.807) is 6.20 Å². The lowest BCUT2D eigenvalue weighted by Gasteiger charge is -2.54. The van der Waals surface area contributed by atoms with Gasteiger partial charge in [-0.3, -0.25) is 4.79 Å². The van der Waals surface area contributed by atoms with E-state index < -0.39 is 23.7 Å². The molecule has 3 atom stereocenters. The third-order valence-corrected chi connectivity index (χ3v) is 9.35. The Morgan fingerprint density at radius 2 is 1.95 bits per heavy atom. The fourth-order valence-corrected chi connectivity index (χ4v) is 6.50. The fraction of sp³-hybridized carbons (Fsp3) is 0.559. The highest BCUT2D eigenvalue weighted by molar-refractivity contribution is 5.87. The van der Waals surface area contributed by atoms with Crippen LogP contribution in [0.25, 0.3) is 10.8 Å². The van der Waals surface area contributed by atoms with Crippen LogP contribution in [0.4, 0.5) is 0 Å². The quantitative estimate of drug-likeness (QED) is 0.283. The van der Waals surface area contributed by atoms with E-state index in [0.717, 1.165) is 54.1 Å². The summed E-state index contributed by atoms with van der Waals surface area (Å²) in [6.45, 7) is 4.79. The Kier molecular flexibility index (Phi) is 10.4. The fourth-order valence-electron chi connectivity index (χ4n) is 6.50. The van der Waals surface area contributed by atoms with Crippen LogP contribution in [0.5, 0.6) is 11.8 Å². The molecule has 2 aromatic heterocycles. The molecule has 44 heavy (non-hydrogen) atoms. The second kappa shape index (κ2) is 14.2. The summed E-state index contributed by atoms with van der Waals surface area (Å²) in [5, 5.41) is 13.8. The summed E-state index contributed by atoms with van der Waals surface area (Å²) < 4.78 is 23.9. The summed E-state index contributed by atoms with van der Waals surface area (Å²) in [6.07, 6.45) is 5.40. The Balaban J connectivity index is 1.36. The van der Waals surface area contributed by atoms with Crippen molar-refractivity contribution in [3.63, 3.8) is 0 Å². The Labute approximate surface area is 260 Å². The lowest BCUT2D eigenvalue weighted by molar-refractivity contribution is -0.948. The lowest BCUT2D eigenvalue weighted by atomic mass is 9.75. The number of primary amides is 1. The first-order valence-electron chi connectivity index (χ1n) is 15.9. The molecule has 4 heterocycles. The summed E-state index contributed by atoms with van der Waals surface area (Å²) in [5.74, 6) is 0.520. The minimum Gasteiger partial charge on any atom is -0.474 e. The van der Waals surface area contributed by atoms with Gasteiger partial charge in [-0.25, -0.2) is 9.97 Å². The zero-order valence-corrected chi connectivity index (χ0v) is 26.2. The number of aryl methyl sites for hydroxylation is 1. The number of amides is 1. The van der Waals surface area contributed by atoms with Crippen LogP contribution in [0, 0.1) is 0 Å². The maximum Gasteiger partial charge on any atom is 0.249 e. The number of aliphatic hydroxyl groups is 1. The molecule has 1 aromatic carbocycles. The van der Waals surface area contributed by atoms with Gasteiger partial charge in [-0.1, -0.05) is 37.6 Å². The van der Waals surface area contributed by atoms with Crippen molar-refractivity contribution in [1.82, 2.24) is 9.97 Å². The Morgan fingerprint density at radius 3 is 2.68 bits per heavy atom. The molecule has 2 aliphatic heterocycles. The van der Waals surface area contributed by atoms with Gasteiger partial charge in [0.15, 0.2) is 6.10 Å². The van der Waals surface area contributed by atoms with E-state index >= 15 is 0 Å². The number of aliphatic hydroxyl groups excluding tert-OH is 1. The molecule has 10 heteroatoms. The maximum absolute atomic E-state index is 12.4. The number of aromatic nitrogens is 2. The smallest absolute Gasteiger partial charge is 0.249 e. The summed E-state index contributed by atoms with van der Waals surface area (Å²) in [7, 11) is 4.13. The summed E-state index contributed by atoms with van der Waals surface area (Å²) in [5.41, 5.74) is 6.86. The summed E-state index contributed by atoms with van der Waals surface area (Å²) >= 11 is 0. The number of carbonyl (C=O) groups is 1. The molecule has 2 fully saturated rings. The molecule has 0 radical (unpaired) electrons. The van der Waals surface area contributed by atoms with Gasteiger partial charge in [0.25, 0.3) is 0 Å². The van der Waals surface area contributed by atoms with Gasteiger partial charge in [0.1, 0.15) is 30.9 Å². The van der Waals surface area contributed by atoms with E-state index in [0.29, 0.717) is 62.1 Å². The molecule has 1 amide bonds. The average molecular weight is 608 g/mol. The van der Waals surface area contributed by atoms with Gasteiger partial charge < -0.3 is 34.3 Å². The standard InChI is InChI=1S/C34H46N4O6/c1-4-5-9-26-21-25-8-6-7-10-28(25)33(37-26)43-20-16-38(2,3)34(15-19-42-30(31(34)39)32(35)40)22-24-11-12-29(36-23-24)44-27-13-17-41-18-14-27/h6-8,10-12,21,23,27,30-31,39H,4-5,9,13-20,22H2,1-3H3,(H-,35,40)/p+1/t30?,31-,34+/m0/s1.